The van der Waals surface area contributed by atoms with E-state index < -0.39 is 29.2 Å². The third-order valence-corrected chi connectivity index (χ3v) is 3.02. The Hall–Kier alpha value is -0.780. The fourth-order valence-electron chi connectivity index (χ4n) is 1.80. The second kappa shape index (κ2) is 5.47. The van der Waals surface area contributed by atoms with E-state index in [1.807, 2.05) is 0 Å². The summed E-state index contributed by atoms with van der Waals surface area (Å²) >= 11 is 0. The van der Waals surface area contributed by atoms with E-state index in [-0.39, 0.29) is 12.8 Å². The average Bonchev–Trinajstić information content (AvgIpc) is 2.16. The van der Waals surface area contributed by atoms with Crippen molar-refractivity contribution in [1.82, 2.24) is 0 Å². The number of nitrogens with two attached hydrogens (primary N) is 1. The van der Waals surface area contributed by atoms with E-state index in [9.17, 15) is 18.0 Å². The first kappa shape index (κ1) is 17.2. The van der Waals surface area contributed by atoms with E-state index in [1.165, 1.54) is 13.8 Å². The lowest BCUT2D eigenvalue weighted by Gasteiger charge is -2.37. The zero-order valence-corrected chi connectivity index (χ0v) is 11.5. The van der Waals surface area contributed by atoms with Crippen LogP contribution in [0.15, 0.2) is 0 Å². The molecular formula is C12H22F3NO2. The molecule has 108 valence electrons. The van der Waals surface area contributed by atoms with Crippen LogP contribution >= 0.6 is 0 Å². The van der Waals surface area contributed by atoms with E-state index in [4.69, 9.17) is 10.5 Å². The van der Waals surface area contributed by atoms with E-state index in [2.05, 4.69) is 0 Å². The van der Waals surface area contributed by atoms with Gasteiger partial charge in [0.2, 0.25) is 0 Å². The summed E-state index contributed by atoms with van der Waals surface area (Å²) in [5.74, 6) is -0.884. The summed E-state index contributed by atoms with van der Waals surface area (Å²) in [6.07, 6.45) is -4.65. The Labute approximate surface area is 106 Å². The van der Waals surface area contributed by atoms with Crippen LogP contribution in [0.1, 0.15) is 47.5 Å². The van der Waals surface area contributed by atoms with Crippen molar-refractivity contribution >= 4 is 5.97 Å². The van der Waals surface area contributed by atoms with Gasteiger partial charge in [-0.2, -0.15) is 13.2 Å². The van der Waals surface area contributed by atoms with Crippen molar-refractivity contribution in [3.05, 3.63) is 0 Å². The fraction of sp³-hybridized carbons (Fsp3) is 0.917. The number of rotatable bonds is 4. The Morgan fingerprint density at radius 2 is 1.56 bits per heavy atom. The third kappa shape index (κ3) is 3.86. The van der Waals surface area contributed by atoms with Crippen LogP contribution in [0.5, 0.6) is 0 Å². The van der Waals surface area contributed by atoms with Crippen molar-refractivity contribution in [2.45, 2.75) is 65.3 Å². The number of hydrogen-bond acceptors (Lipinski definition) is 3. The molecule has 0 aliphatic carbocycles. The Kier molecular flexibility index (Phi) is 5.23. The minimum absolute atomic E-state index is 0.0148. The number of alkyl halides is 3. The number of hydrogen-bond donors (Lipinski definition) is 1. The average molecular weight is 269 g/mol. The van der Waals surface area contributed by atoms with Gasteiger partial charge in [0.25, 0.3) is 0 Å². The predicted molar refractivity (Wildman–Crippen MR) is 62.9 cm³/mol. The van der Waals surface area contributed by atoms with E-state index in [0.29, 0.717) is 0 Å². The van der Waals surface area contributed by atoms with Gasteiger partial charge in [0.1, 0.15) is 11.6 Å². The van der Waals surface area contributed by atoms with Crippen molar-refractivity contribution in [1.29, 1.82) is 0 Å². The summed E-state index contributed by atoms with van der Waals surface area (Å²) in [6, 6.07) is -2.21. The molecule has 18 heavy (non-hydrogen) atoms. The molecule has 0 aliphatic rings. The molecule has 0 saturated heterocycles. The summed E-state index contributed by atoms with van der Waals surface area (Å²) in [7, 11) is 0. The van der Waals surface area contributed by atoms with Crippen LogP contribution in [-0.2, 0) is 9.53 Å². The van der Waals surface area contributed by atoms with Crippen LogP contribution in [0, 0.1) is 5.41 Å². The van der Waals surface area contributed by atoms with Gasteiger partial charge in [0, 0.05) is 0 Å². The summed E-state index contributed by atoms with van der Waals surface area (Å²) in [6.45, 7) is 7.86. The van der Waals surface area contributed by atoms with Crippen molar-refractivity contribution < 1.29 is 22.7 Å². The minimum Gasteiger partial charge on any atom is -0.459 e. The van der Waals surface area contributed by atoms with Crippen molar-refractivity contribution in [3.8, 4) is 0 Å². The molecule has 0 amide bonds. The summed E-state index contributed by atoms with van der Waals surface area (Å²) < 4.78 is 43.4. The number of ether oxygens (including phenoxy) is 1. The Bertz CT molecular complexity index is 291. The molecule has 0 saturated carbocycles. The first-order chi connectivity index (χ1) is 7.90. The molecule has 0 rings (SSSR count). The second-order valence-corrected chi connectivity index (χ2v) is 5.38. The van der Waals surface area contributed by atoms with Crippen LogP contribution in [-0.4, -0.2) is 23.8 Å². The molecule has 0 aromatic carbocycles. The van der Waals surface area contributed by atoms with Gasteiger partial charge in [-0.1, -0.05) is 13.8 Å². The normalized spacial score (nSPS) is 15.4. The molecule has 2 N–H and O–H groups in total. The van der Waals surface area contributed by atoms with Crippen molar-refractivity contribution in [3.63, 3.8) is 0 Å². The summed E-state index contributed by atoms with van der Waals surface area (Å²) in [5, 5.41) is 0. The first-order valence-electron chi connectivity index (χ1n) is 5.96. The van der Waals surface area contributed by atoms with Gasteiger partial charge >= 0.3 is 12.1 Å². The molecule has 0 fully saturated rings. The van der Waals surface area contributed by atoms with Crippen molar-refractivity contribution in [2.24, 2.45) is 11.1 Å². The lowest BCUT2D eigenvalue weighted by molar-refractivity contribution is -0.200. The highest BCUT2D eigenvalue weighted by Crippen LogP contribution is 2.40. The van der Waals surface area contributed by atoms with Crippen LogP contribution < -0.4 is 5.73 Å². The summed E-state index contributed by atoms with van der Waals surface area (Å²) in [4.78, 5) is 12.0. The monoisotopic (exact) mass is 269 g/mol. The Morgan fingerprint density at radius 1 is 1.17 bits per heavy atom. The molecule has 0 heterocycles. The largest absolute Gasteiger partial charge is 0.459 e. The zero-order chi connectivity index (χ0) is 14.8. The van der Waals surface area contributed by atoms with Crippen molar-refractivity contribution in [2.75, 3.05) is 0 Å². The van der Waals surface area contributed by atoms with Crippen LogP contribution in [0.2, 0.25) is 0 Å². The maximum absolute atomic E-state index is 12.8. The molecule has 0 aromatic rings. The quantitative estimate of drug-likeness (QED) is 0.798. The molecule has 0 aromatic heterocycles. The molecule has 0 spiro atoms. The summed E-state index contributed by atoms with van der Waals surface area (Å²) in [5.41, 5.74) is 2.69. The van der Waals surface area contributed by atoms with E-state index >= 15 is 0 Å². The predicted octanol–water partition coefficient (Wildman–Crippen LogP) is 3.02. The van der Waals surface area contributed by atoms with Gasteiger partial charge in [-0.25, -0.2) is 0 Å². The second-order valence-electron chi connectivity index (χ2n) is 5.38. The standard InChI is InChI=1S/C12H22F3NO2/c1-6-11(7-2,8(16)12(13,14)15)9(17)18-10(3,4)5/h8H,6-7,16H2,1-5H3/t8-/m1/s1. The van der Waals surface area contributed by atoms with Gasteiger partial charge in [0.15, 0.2) is 0 Å². The van der Waals surface area contributed by atoms with Crippen LogP contribution in [0.3, 0.4) is 0 Å². The molecular weight excluding hydrogens is 247 g/mol. The highest BCUT2D eigenvalue weighted by atomic mass is 19.4. The van der Waals surface area contributed by atoms with Gasteiger partial charge in [-0.15, -0.1) is 0 Å². The van der Waals surface area contributed by atoms with Gasteiger partial charge < -0.3 is 10.5 Å². The Balaban J connectivity index is 5.34. The maximum atomic E-state index is 12.8. The SMILES string of the molecule is CCC(CC)(C(=O)OC(C)(C)C)[C@@H](N)C(F)(F)F. The molecule has 3 nitrogen and oxygen atoms in total. The maximum Gasteiger partial charge on any atom is 0.404 e. The molecule has 0 bridgehead atoms. The number of carbonyl (C=O) groups is 1. The van der Waals surface area contributed by atoms with Gasteiger partial charge in [-0.05, 0) is 33.6 Å². The number of esters is 1. The zero-order valence-electron chi connectivity index (χ0n) is 11.5. The van der Waals surface area contributed by atoms with E-state index in [1.54, 1.807) is 20.8 Å². The highest BCUT2D eigenvalue weighted by Gasteiger charge is 2.55. The lowest BCUT2D eigenvalue weighted by atomic mass is 9.75. The third-order valence-electron chi connectivity index (χ3n) is 3.02. The van der Waals surface area contributed by atoms with Crippen LogP contribution in [0.4, 0.5) is 13.2 Å². The van der Waals surface area contributed by atoms with Gasteiger partial charge in [0.05, 0.1) is 5.41 Å². The molecule has 6 heteroatoms. The number of halogens is 3. The van der Waals surface area contributed by atoms with Crippen LogP contribution in [0.25, 0.3) is 0 Å². The van der Waals surface area contributed by atoms with Gasteiger partial charge in [-0.3, -0.25) is 4.79 Å². The highest BCUT2D eigenvalue weighted by molar-refractivity contribution is 5.78. The fourth-order valence-corrected chi connectivity index (χ4v) is 1.80. The topological polar surface area (TPSA) is 52.3 Å². The molecule has 1 atom stereocenters. The Morgan fingerprint density at radius 3 is 1.78 bits per heavy atom. The molecule has 0 aliphatic heterocycles. The first-order valence-corrected chi connectivity index (χ1v) is 5.96. The number of carbonyl (C=O) groups excluding carboxylic acids is 1. The smallest absolute Gasteiger partial charge is 0.404 e. The minimum atomic E-state index is -4.62. The molecule has 0 unspecified atom stereocenters. The lowest BCUT2D eigenvalue weighted by Crippen LogP contribution is -2.56. The van der Waals surface area contributed by atoms with E-state index in [0.717, 1.165) is 0 Å². The molecule has 0 radical (unpaired) electrons.